The van der Waals surface area contributed by atoms with Crippen molar-refractivity contribution in [2.24, 2.45) is 0 Å². The molecule has 0 radical (unpaired) electrons. The summed E-state index contributed by atoms with van der Waals surface area (Å²) in [5, 5.41) is 15.6. The number of benzene rings is 4. The minimum Gasteiger partial charge on any atom is -0.478 e. The smallest absolute Gasteiger partial charge is 0.328 e. The summed E-state index contributed by atoms with van der Waals surface area (Å²) in [4.78, 5) is 56.7. The van der Waals surface area contributed by atoms with E-state index in [4.69, 9.17) is 10.2 Å². The number of anilines is 4. The van der Waals surface area contributed by atoms with Gasteiger partial charge < -0.3 is 29.8 Å². The van der Waals surface area contributed by atoms with Gasteiger partial charge in [-0.25, -0.2) is 9.59 Å². The van der Waals surface area contributed by atoms with Crippen LogP contribution in [-0.2, 0) is 9.59 Å². The van der Waals surface area contributed by atoms with Gasteiger partial charge in [-0.15, -0.1) is 0 Å². The highest BCUT2D eigenvalue weighted by Crippen LogP contribution is 2.49. The zero-order chi connectivity index (χ0) is 39.4. The number of fused-ring (bicyclic) bond motifs is 4. The monoisotopic (exact) mass is 768 g/mol. The van der Waals surface area contributed by atoms with Gasteiger partial charge in [-0.05, 0) is 117 Å². The van der Waals surface area contributed by atoms with E-state index in [0.717, 1.165) is 61.5 Å². The second kappa shape index (κ2) is 20.0. The summed E-state index contributed by atoms with van der Waals surface area (Å²) in [6.45, 7) is 7.25. The lowest BCUT2D eigenvalue weighted by molar-refractivity contribution is -0.134. The molecule has 0 atom stereocenters. The zero-order valence-corrected chi connectivity index (χ0v) is 33.2. The molecular formula is C42H48N4O6S2. The summed E-state index contributed by atoms with van der Waals surface area (Å²) in [5.74, 6) is -2.28. The first kappa shape index (κ1) is 41.9. The van der Waals surface area contributed by atoms with E-state index in [9.17, 15) is 19.2 Å². The highest BCUT2D eigenvalue weighted by atomic mass is 32.2. The van der Waals surface area contributed by atoms with Crippen LogP contribution in [0, 0.1) is 0 Å². The third-order valence-electron chi connectivity index (χ3n) is 8.41. The van der Waals surface area contributed by atoms with E-state index in [-0.39, 0.29) is 11.6 Å². The SMILES string of the molecule is CC(=O)c1ccc2c(c1)N(CCCN(C)C)c1ccccc1S2.CC(=O)c1ccc2c(c1)N(CCCN(C)C)c1ccccc1S2.O=C(O)/C=C\C(=O)O. The molecule has 0 aromatic heterocycles. The number of carboxylic acid groups (broad SMARTS) is 2. The molecule has 0 aliphatic carbocycles. The van der Waals surface area contributed by atoms with Gasteiger partial charge in [-0.3, -0.25) is 9.59 Å². The van der Waals surface area contributed by atoms with Crippen LogP contribution in [-0.4, -0.2) is 97.9 Å². The highest BCUT2D eigenvalue weighted by Gasteiger charge is 2.25. The number of nitrogens with zero attached hydrogens (tertiary/aromatic N) is 4. The van der Waals surface area contributed by atoms with Crippen molar-refractivity contribution in [3.8, 4) is 0 Å². The number of carbonyl (C=O) groups excluding carboxylic acids is 2. The van der Waals surface area contributed by atoms with Crippen molar-refractivity contribution in [2.45, 2.75) is 46.3 Å². The van der Waals surface area contributed by atoms with E-state index < -0.39 is 11.9 Å². The third kappa shape index (κ3) is 11.8. The van der Waals surface area contributed by atoms with Crippen molar-refractivity contribution < 1.29 is 29.4 Å². The van der Waals surface area contributed by atoms with Gasteiger partial charge in [-0.1, -0.05) is 59.9 Å². The summed E-state index contributed by atoms with van der Waals surface area (Å²) >= 11 is 3.57. The molecule has 4 aromatic carbocycles. The Balaban J connectivity index is 0.000000201. The maximum atomic E-state index is 11.8. The number of carbonyl (C=O) groups is 4. The quantitative estimate of drug-likeness (QED) is 0.106. The van der Waals surface area contributed by atoms with Crippen LogP contribution in [0.5, 0.6) is 0 Å². The van der Waals surface area contributed by atoms with Crippen LogP contribution in [0.2, 0.25) is 0 Å². The van der Waals surface area contributed by atoms with Gasteiger partial charge in [0.15, 0.2) is 11.6 Å². The number of aliphatic carboxylic acids is 2. The first-order chi connectivity index (χ1) is 25.7. The molecule has 0 amide bonds. The molecule has 4 aromatic rings. The van der Waals surface area contributed by atoms with Gasteiger partial charge in [-0.2, -0.15) is 0 Å². The van der Waals surface area contributed by atoms with Crippen LogP contribution in [0.3, 0.4) is 0 Å². The molecule has 2 aliphatic heterocycles. The topological polar surface area (TPSA) is 122 Å². The summed E-state index contributed by atoms with van der Waals surface area (Å²) in [5.41, 5.74) is 6.34. The van der Waals surface area contributed by atoms with Gasteiger partial charge in [0.05, 0.1) is 22.7 Å². The number of carboxylic acids is 2. The minimum atomic E-state index is -1.26. The van der Waals surface area contributed by atoms with Crippen LogP contribution >= 0.6 is 23.5 Å². The minimum absolute atomic E-state index is 0.116. The fourth-order valence-electron chi connectivity index (χ4n) is 5.81. The molecule has 54 heavy (non-hydrogen) atoms. The van der Waals surface area contributed by atoms with Gasteiger partial charge in [0.2, 0.25) is 0 Å². The molecule has 0 spiro atoms. The largest absolute Gasteiger partial charge is 0.478 e. The summed E-state index contributed by atoms with van der Waals surface area (Å²) in [6.07, 6.45) is 3.27. The molecule has 6 rings (SSSR count). The molecule has 10 nitrogen and oxygen atoms in total. The maximum Gasteiger partial charge on any atom is 0.328 e. The Labute approximate surface area is 326 Å². The Morgan fingerprint density at radius 3 is 1.24 bits per heavy atom. The van der Waals surface area contributed by atoms with Crippen LogP contribution in [0.1, 0.15) is 47.4 Å². The van der Waals surface area contributed by atoms with Crippen LogP contribution < -0.4 is 9.80 Å². The average Bonchev–Trinajstić information content (AvgIpc) is 3.13. The zero-order valence-electron chi connectivity index (χ0n) is 31.6. The normalized spacial score (nSPS) is 12.4. The highest BCUT2D eigenvalue weighted by molar-refractivity contribution is 8.00. The first-order valence-electron chi connectivity index (χ1n) is 17.6. The fraction of sp³-hybridized carbons (Fsp3) is 0.286. The number of para-hydroxylation sites is 2. The van der Waals surface area contributed by atoms with Gasteiger partial charge in [0, 0.05) is 56.0 Å². The van der Waals surface area contributed by atoms with Crippen molar-refractivity contribution in [1.82, 2.24) is 9.80 Å². The summed E-state index contributed by atoms with van der Waals surface area (Å²) in [7, 11) is 8.40. The Hall–Kier alpha value is -4.88. The Kier molecular flexibility index (Phi) is 15.5. The molecule has 0 unspecified atom stereocenters. The predicted molar refractivity (Wildman–Crippen MR) is 219 cm³/mol. The second-order valence-electron chi connectivity index (χ2n) is 13.2. The molecule has 2 N–H and O–H groups in total. The molecule has 0 fully saturated rings. The number of hydrogen-bond donors (Lipinski definition) is 2. The van der Waals surface area contributed by atoms with Crippen molar-refractivity contribution in [1.29, 1.82) is 0 Å². The lowest BCUT2D eigenvalue weighted by Gasteiger charge is -2.33. The lowest BCUT2D eigenvalue weighted by atomic mass is 10.1. The summed E-state index contributed by atoms with van der Waals surface area (Å²) in [6, 6.07) is 29.1. The van der Waals surface area contributed by atoms with E-state index in [0.29, 0.717) is 12.2 Å². The van der Waals surface area contributed by atoms with Crippen molar-refractivity contribution in [3.63, 3.8) is 0 Å². The van der Waals surface area contributed by atoms with E-state index in [1.165, 1.54) is 31.0 Å². The van der Waals surface area contributed by atoms with Crippen LogP contribution in [0.4, 0.5) is 22.7 Å². The molecule has 284 valence electrons. The number of Topliss-reactive ketones (excluding diaryl/α,β-unsaturated/α-hetero) is 2. The van der Waals surface area contributed by atoms with E-state index in [1.54, 1.807) is 37.4 Å². The first-order valence-corrected chi connectivity index (χ1v) is 19.2. The average molecular weight is 769 g/mol. The van der Waals surface area contributed by atoms with Crippen LogP contribution in [0.25, 0.3) is 0 Å². The van der Waals surface area contributed by atoms with Crippen molar-refractivity contribution >= 4 is 69.8 Å². The van der Waals surface area contributed by atoms with E-state index in [1.807, 2.05) is 24.3 Å². The Morgan fingerprint density at radius 2 is 0.907 bits per heavy atom. The fourth-order valence-corrected chi connectivity index (χ4v) is 7.96. The Morgan fingerprint density at radius 1 is 0.556 bits per heavy atom. The molecular weight excluding hydrogens is 721 g/mol. The molecule has 2 aliphatic rings. The standard InChI is InChI=1S/2C19H22N2OS.C4H4O4/c2*1-14(22)15-9-10-19-17(13-15)21(12-6-11-20(2)3)16-7-4-5-8-18(16)23-19;5-3(6)1-2-4(7)8/h2*4-5,7-10,13H,6,11-12H2,1-3H3;1-2H,(H,5,6)(H,7,8)/b;;2-1-. The lowest BCUT2D eigenvalue weighted by Crippen LogP contribution is -2.25. The molecule has 0 bridgehead atoms. The van der Waals surface area contributed by atoms with Crippen molar-refractivity contribution in [3.05, 3.63) is 108 Å². The maximum absolute atomic E-state index is 11.8. The van der Waals surface area contributed by atoms with Gasteiger partial charge >= 0.3 is 11.9 Å². The van der Waals surface area contributed by atoms with E-state index >= 15 is 0 Å². The van der Waals surface area contributed by atoms with Crippen LogP contribution in [0.15, 0.2) is 117 Å². The molecule has 0 saturated heterocycles. The molecule has 12 heteroatoms. The predicted octanol–water partition coefficient (Wildman–Crippen LogP) is 8.60. The van der Waals surface area contributed by atoms with E-state index in [2.05, 4.69) is 108 Å². The Bertz CT molecular complexity index is 1860. The van der Waals surface area contributed by atoms with Gasteiger partial charge in [0.25, 0.3) is 0 Å². The summed E-state index contributed by atoms with van der Waals surface area (Å²) < 4.78 is 0. The number of rotatable bonds is 12. The molecule has 0 saturated carbocycles. The van der Waals surface area contributed by atoms with Gasteiger partial charge in [0.1, 0.15) is 0 Å². The second-order valence-corrected chi connectivity index (χ2v) is 15.4. The van der Waals surface area contributed by atoms with Crippen molar-refractivity contribution in [2.75, 3.05) is 64.2 Å². The number of hydrogen-bond acceptors (Lipinski definition) is 10. The molecule has 2 heterocycles. The number of ketones is 2. The third-order valence-corrected chi connectivity index (χ3v) is 10.7.